The Morgan fingerprint density at radius 1 is 1.45 bits per heavy atom. The number of aryl methyl sites for hydroxylation is 1. The Kier molecular flexibility index (Phi) is 4.17. The van der Waals surface area contributed by atoms with Gasteiger partial charge in [-0.2, -0.15) is 0 Å². The Morgan fingerprint density at radius 2 is 2.35 bits per heavy atom. The smallest absolute Gasteiger partial charge is 0.233 e. The predicted molar refractivity (Wildman–Crippen MR) is 80.1 cm³/mol. The minimum atomic E-state index is 0.173. The Bertz CT molecular complexity index is 563. The first-order valence-electron chi connectivity index (χ1n) is 7.46. The molecule has 1 aliphatic carbocycles. The number of thiophene rings is 1. The van der Waals surface area contributed by atoms with Crippen LogP contribution in [0.2, 0.25) is 0 Å². The summed E-state index contributed by atoms with van der Waals surface area (Å²) >= 11 is 1.85. The molecule has 0 saturated carbocycles. The first-order chi connectivity index (χ1) is 9.83. The summed E-state index contributed by atoms with van der Waals surface area (Å²) < 4.78 is 5.97. The molecule has 0 aliphatic heterocycles. The van der Waals surface area contributed by atoms with Gasteiger partial charge in [0.1, 0.15) is 0 Å². The van der Waals surface area contributed by atoms with Crippen molar-refractivity contribution >= 4 is 11.3 Å². The highest BCUT2D eigenvalue weighted by Crippen LogP contribution is 2.38. The standard InChI is InChI=1S/C15H21N3OS/c1-3-12(16-4-2)15-18-17-14(19-15)11-6-5-7-13-10(11)8-9-20-13/h8-9,11-12,16H,3-7H2,1-2H3. The lowest BCUT2D eigenvalue weighted by Crippen LogP contribution is -2.20. The number of aromatic nitrogens is 2. The Labute approximate surface area is 123 Å². The van der Waals surface area contributed by atoms with Gasteiger partial charge in [-0.1, -0.05) is 13.8 Å². The van der Waals surface area contributed by atoms with Crippen molar-refractivity contribution in [2.75, 3.05) is 6.54 Å². The van der Waals surface area contributed by atoms with E-state index in [1.165, 1.54) is 23.3 Å². The molecular weight excluding hydrogens is 270 g/mol. The van der Waals surface area contributed by atoms with E-state index in [1.807, 2.05) is 11.3 Å². The highest BCUT2D eigenvalue weighted by molar-refractivity contribution is 7.10. The molecule has 0 bridgehead atoms. The summed E-state index contributed by atoms with van der Waals surface area (Å²) in [4.78, 5) is 1.49. The highest BCUT2D eigenvalue weighted by Gasteiger charge is 2.28. The second-order valence-corrected chi connectivity index (χ2v) is 6.24. The summed E-state index contributed by atoms with van der Waals surface area (Å²) in [5.74, 6) is 1.81. The van der Waals surface area contributed by atoms with Gasteiger partial charge >= 0.3 is 0 Å². The van der Waals surface area contributed by atoms with Gasteiger partial charge in [-0.3, -0.25) is 0 Å². The van der Waals surface area contributed by atoms with Gasteiger partial charge in [-0.15, -0.1) is 21.5 Å². The lowest BCUT2D eigenvalue weighted by molar-refractivity contribution is 0.362. The SMILES string of the molecule is CCNC(CC)c1nnc(C2CCCc3sccc32)o1. The third-order valence-electron chi connectivity index (χ3n) is 3.96. The molecule has 1 aliphatic rings. The van der Waals surface area contributed by atoms with Crippen LogP contribution >= 0.6 is 11.3 Å². The molecule has 2 aromatic rings. The average Bonchev–Trinajstić information content (AvgIpc) is 3.12. The van der Waals surface area contributed by atoms with Gasteiger partial charge in [0.2, 0.25) is 11.8 Å². The van der Waals surface area contributed by atoms with E-state index in [0.29, 0.717) is 5.92 Å². The zero-order chi connectivity index (χ0) is 13.9. The number of nitrogens with one attached hydrogen (secondary N) is 1. The summed E-state index contributed by atoms with van der Waals surface area (Å²) in [6.07, 6.45) is 4.48. The first kappa shape index (κ1) is 13.8. The summed E-state index contributed by atoms with van der Waals surface area (Å²) in [6, 6.07) is 2.39. The van der Waals surface area contributed by atoms with Crippen LogP contribution in [0.25, 0.3) is 0 Å². The molecule has 2 atom stereocenters. The molecule has 0 amide bonds. The van der Waals surface area contributed by atoms with Crippen LogP contribution in [-0.4, -0.2) is 16.7 Å². The maximum absolute atomic E-state index is 5.97. The van der Waals surface area contributed by atoms with E-state index in [4.69, 9.17) is 4.42 Å². The molecule has 2 aromatic heterocycles. The molecule has 0 saturated heterocycles. The van der Waals surface area contributed by atoms with Crippen molar-refractivity contribution in [3.63, 3.8) is 0 Å². The molecule has 108 valence electrons. The quantitative estimate of drug-likeness (QED) is 0.913. The first-order valence-corrected chi connectivity index (χ1v) is 8.34. The number of hydrogen-bond donors (Lipinski definition) is 1. The van der Waals surface area contributed by atoms with Crippen LogP contribution in [0.15, 0.2) is 15.9 Å². The summed E-state index contributed by atoms with van der Waals surface area (Å²) in [5, 5.41) is 14.1. The zero-order valence-corrected chi connectivity index (χ0v) is 12.9. The monoisotopic (exact) mass is 291 g/mol. The third-order valence-corrected chi connectivity index (χ3v) is 4.96. The molecular formula is C15H21N3OS. The molecule has 0 aromatic carbocycles. The molecule has 2 unspecified atom stereocenters. The zero-order valence-electron chi connectivity index (χ0n) is 12.1. The third kappa shape index (κ3) is 2.52. The number of rotatable bonds is 5. The number of nitrogens with zero attached hydrogens (tertiary/aromatic N) is 2. The molecule has 0 spiro atoms. The lowest BCUT2D eigenvalue weighted by Gasteiger charge is -2.19. The van der Waals surface area contributed by atoms with E-state index < -0.39 is 0 Å². The van der Waals surface area contributed by atoms with E-state index in [1.54, 1.807) is 0 Å². The van der Waals surface area contributed by atoms with Crippen LogP contribution in [0.3, 0.4) is 0 Å². The number of fused-ring (bicyclic) bond motifs is 1. The minimum Gasteiger partial charge on any atom is -0.423 e. The fourth-order valence-electron chi connectivity index (χ4n) is 2.92. The van der Waals surface area contributed by atoms with Gasteiger partial charge in [0, 0.05) is 4.88 Å². The highest BCUT2D eigenvalue weighted by atomic mass is 32.1. The van der Waals surface area contributed by atoms with E-state index in [9.17, 15) is 0 Å². The van der Waals surface area contributed by atoms with Crippen molar-refractivity contribution in [1.82, 2.24) is 15.5 Å². The van der Waals surface area contributed by atoms with Gasteiger partial charge in [-0.05, 0) is 49.2 Å². The van der Waals surface area contributed by atoms with Crippen molar-refractivity contribution in [2.45, 2.75) is 51.5 Å². The van der Waals surface area contributed by atoms with E-state index in [-0.39, 0.29) is 6.04 Å². The molecule has 3 rings (SSSR count). The normalized spacial score (nSPS) is 19.8. The Morgan fingerprint density at radius 3 is 3.15 bits per heavy atom. The molecule has 4 nitrogen and oxygen atoms in total. The van der Waals surface area contributed by atoms with Crippen LogP contribution in [0.1, 0.15) is 67.3 Å². The number of hydrogen-bond acceptors (Lipinski definition) is 5. The van der Waals surface area contributed by atoms with Crippen LogP contribution in [0.5, 0.6) is 0 Å². The van der Waals surface area contributed by atoms with Crippen molar-refractivity contribution in [2.24, 2.45) is 0 Å². The van der Waals surface area contributed by atoms with Crippen molar-refractivity contribution in [3.05, 3.63) is 33.7 Å². The average molecular weight is 291 g/mol. The molecule has 0 radical (unpaired) electrons. The molecule has 2 heterocycles. The van der Waals surface area contributed by atoms with E-state index in [2.05, 4.69) is 40.8 Å². The second-order valence-electron chi connectivity index (χ2n) is 5.24. The molecule has 20 heavy (non-hydrogen) atoms. The fourth-order valence-corrected chi connectivity index (χ4v) is 3.91. The van der Waals surface area contributed by atoms with Gasteiger partial charge in [-0.25, -0.2) is 0 Å². The Balaban J connectivity index is 1.84. The van der Waals surface area contributed by atoms with Crippen LogP contribution in [0, 0.1) is 0 Å². The predicted octanol–water partition coefficient (Wildman–Crippen LogP) is 3.66. The van der Waals surface area contributed by atoms with E-state index in [0.717, 1.165) is 31.2 Å². The van der Waals surface area contributed by atoms with Gasteiger partial charge in [0.15, 0.2) is 0 Å². The molecule has 0 fully saturated rings. The van der Waals surface area contributed by atoms with Crippen molar-refractivity contribution in [3.8, 4) is 0 Å². The van der Waals surface area contributed by atoms with Crippen LogP contribution < -0.4 is 5.32 Å². The van der Waals surface area contributed by atoms with Gasteiger partial charge < -0.3 is 9.73 Å². The summed E-state index contributed by atoms with van der Waals surface area (Å²) in [7, 11) is 0. The maximum Gasteiger partial charge on any atom is 0.233 e. The topological polar surface area (TPSA) is 51.0 Å². The van der Waals surface area contributed by atoms with Crippen LogP contribution in [0.4, 0.5) is 0 Å². The van der Waals surface area contributed by atoms with Gasteiger partial charge in [0.05, 0.1) is 12.0 Å². The Hall–Kier alpha value is -1.20. The van der Waals surface area contributed by atoms with Crippen LogP contribution in [-0.2, 0) is 6.42 Å². The maximum atomic E-state index is 5.97. The van der Waals surface area contributed by atoms with Crippen molar-refractivity contribution < 1.29 is 4.42 Å². The van der Waals surface area contributed by atoms with Gasteiger partial charge in [0.25, 0.3) is 0 Å². The van der Waals surface area contributed by atoms with Crippen molar-refractivity contribution in [1.29, 1.82) is 0 Å². The molecule has 5 heteroatoms. The van der Waals surface area contributed by atoms with E-state index >= 15 is 0 Å². The second kappa shape index (κ2) is 6.06. The fraction of sp³-hybridized carbons (Fsp3) is 0.600. The minimum absolute atomic E-state index is 0.173. The largest absolute Gasteiger partial charge is 0.423 e. The molecule has 1 N–H and O–H groups in total. The lowest BCUT2D eigenvalue weighted by atomic mass is 9.88. The summed E-state index contributed by atoms with van der Waals surface area (Å²) in [6.45, 7) is 5.14. The summed E-state index contributed by atoms with van der Waals surface area (Å²) in [5.41, 5.74) is 1.40.